The van der Waals surface area contributed by atoms with Gasteiger partial charge in [-0.05, 0) is 65.2 Å². The number of allylic oxidation sites excluding steroid dienone is 2. The third-order valence-corrected chi connectivity index (χ3v) is 9.02. The molecule has 8 heteroatoms. The van der Waals surface area contributed by atoms with E-state index < -0.39 is 17.3 Å². The van der Waals surface area contributed by atoms with Crippen LogP contribution in [0.5, 0.6) is 0 Å². The highest BCUT2D eigenvalue weighted by molar-refractivity contribution is 5.82. The SMILES string of the molecule is CCCCCCCC/C=C\CCCCCCCC(=O)N[C@@H]1CCCCC[C@H]1OC(=O)CCNC(=O)C1OC(C)(C)OCC1(C)C. The molecule has 1 saturated carbocycles. The van der Waals surface area contributed by atoms with E-state index in [1.54, 1.807) is 13.8 Å². The maximum atomic E-state index is 12.8. The Labute approximate surface area is 274 Å². The van der Waals surface area contributed by atoms with Gasteiger partial charge in [0.2, 0.25) is 11.8 Å². The van der Waals surface area contributed by atoms with Crippen LogP contribution in [0.1, 0.15) is 163 Å². The second-order valence-corrected chi connectivity index (χ2v) is 14.4. The maximum absolute atomic E-state index is 12.8. The highest BCUT2D eigenvalue weighted by Gasteiger charge is 2.45. The van der Waals surface area contributed by atoms with Gasteiger partial charge in [-0.3, -0.25) is 14.4 Å². The number of nitrogens with one attached hydrogen (secondary N) is 2. The molecule has 0 aromatic rings. The lowest BCUT2D eigenvalue weighted by Crippen LogP contribution is -2.56. The molecule has 1 aliphatic heterocycles. The van der Waals surface area contributed by atoms with Crippen molar-refractivity contribution in [3.63, 3.8) is 0 Å². The predicted octanol–water partition coefficient (Wildman–Crippen LogP) is 8.07. The number of carbonyl (C=O) groups is 3. The van der Waals surface area contributed by atoms with Gasteiger partial charge in [-0.1, -0.05) is 97.1 Å². The van der Waals surface area contributed by atoms with Crippen LogP contribution in [0.2, 0.25) is 0 Å². The number of unbranched alkanes of at least 4 members (excludes halogenated alkanes) is 11. The molecule has 0 bridgehead atoms. The van der Waals surface area contributed by atoms with Gasteiger partial charge in [-0.25, -0.2) is 0 Å². The summed E-state index contributed by atoms with van der Waals surface area (Å²) in [5, 5.41) is 6.01. The van der Waals surface area contributed by atoms with Gasteiger partial charge in [0.25, 0.3) is 0 Å². The van der Waals surface area contributed by atoms with Crippen molar-refractivity contribution < 1.29 is 28.6 Å². The fraction of sp³-hybridized carbons (Fsp3) is 0.865. The topological polar surface area (TPSA) is 103 Å². The highest BCUT2D eigenvalue weighted by Crippen LogP contribution is 2.34. The first-order chi connectivity index (χ1) is 21.5. The van der Waals surface area contributed by atoms with E-state index in [-0.39, 0.29) is 42.9 Å². The van der Waals surface area contributed by atoms with Gasteiger partial charge >= 0.3 is 5.97 Å². The van der Waals surface area contributed by atoms with Gasteiger partial charge in [-0.15, -0.1) is 0 Å². The Morgan fingerprint density at radius 2 is 1.42 bits per heavy atom. The fourth-order valence-corrected chi connectivity index (χ4v) is 6.14. The molecule has 0 aromatic carbocycles. The van der Waals surface area contributed by atoms with Crippen LogP contribution in [0.4, 0.5) is 0 Å². The van der Waals surface area contributed by atoms with Gasteiger partial charge in [-0.2, -0.15) is 0 Å². The molecule has 8 nitrogen and oxygen atoms in total. The molecule has 0 aromatic heterocycles. The summed E-state index contributed by atoms with van der Waals surface area (Å²) in [6.07, 6.45) is 25.0. The molecule has 3 atom stereocenters. The Morgan fingerprint density at radius 1 is 0.800 bits per heavy atom. The van der Waals surface area contributed by atoms with Crippen LogP contribution in [0, 0.1) is 5.41 Å². The van der Waals surface area contributed by atoms with Gasteiger partial charge in [0.05, 0.1) is 19.1 Å². The first kappa shape index (κ1) is 39.2. The van der Waals surface area contributed by atoms with Crippen molar-refractivity contribution in [2.24, 2.45) is 5.41 Å². The standard InChI is InChI=1S/C37H66N2O6/c1-6-7-8-9-10-11-12-13-14-15-16-17-18-19-23-26-32(40)39-30-24-21-20-22-25-31(30)44-33(41)27-28-38-35(42)34-36(2,3)29-43-37(4,5)45-34/h13-14,30-31,34H,6-12,15-29H2,1-5H3,(H,38,42)(H,39,40)/b14-13-/t30-,31-,34?/m1/s1. The van der Waals surface area contributed by atoms with E-state index in [9.17, 15) is 14.4 Å². The van der Waals surface area contributed by atoms with Crippen LogP contribution in [0.25, 0.3) is 0 Å². The summed E-state index contributed by atoms with van der Waals surface area (Å²) in [7, 11) is 0. The molecule has 1 unspecified atom stereocenters. The number of esters is 1. The lowest BCUT2D eigenvalue weighted by Gasteiger charge is -2.44. The number of carbonyl (C=O) groups excluding carboxylic acids is 3. The van der Waals surface area contributed by atoms with Gasteiger partial charge < -0.3 is 24.8 Å². The van der Waals surface area contributed by atoms with E-state index in [4.69, 9.17) is 14.2 Å². The zero-order chi connectivity index (χ0) is 33.0. The average Bonchev–Trinajstić information content (AvgIpc) is 3.21. The first-order valence-electron chi connectivity index (χ1n) is 18.3. The maximum Gasteiger partial charge on any atom is 0.307 e. The minimum atomic E-state index is -0.834. The second-order valence-electron chi connectivity index (χ2n) is 14.4. The van der Waals surface area contributed by atoms with Crippen molar-refractivity contribution >= 4 is 17.8 Å². The van der Waals surface area contributed by atoms with Crippen LogP contribution >= 0.6 is 0 Å². The van der Waals surface area contributed by atoms with Gasteiger partial charge in [0, 0.05) is 18.4 Å². The number of amides is 2. The van der Waals surface area contributed by atoms with E-state index in [0.29, 0.717) is 13.0 Å². The van der Waals surface area contributed by atoms with E-state index in [2.05, 4.69) is 29.7 Å². The normalized spacial score (nSPS) is 22.9. The number of ether oxygens (including phenoxy) is 3. The van der Waals surface area contributed by atoms with Crippen LogP contribution in [0.3, 0.4) is 0 Å². The summed E-state index contributed by atoms with van der Waals surface area (Å²) in [6.45, 7) is 10.3. The summed E-state index contributed by atoms with van der Waals surface area (Å²) >= 11 is 0. The van der Waals surface area contributed by atoms with Crippen molar-refractivity contribution in [1.82, 2.24) is 10.6 Å². The third kappa shape index (κ3) is 17.0. The molecule has 1 saturated heterocycles. The number of rotatable bonds is 21. The van der Waals surface area contributed by atoms with E-state index >= 15 is 0 Å². The molecule has 260 valence electrons. The second kappa shape index (κ2) is 21.8. The van der Waals surface area contributed by atoms with Crippen molar-refractivity contribution in [3.05, 3.63) is 12.2 Å². The summed E-state index contributed by atoms with van der Waals surface area (Å²) in [4.78, 5) is 38.3. The van der Waals surface area contributed by atoms with Gasteiger partial charge in [0.15, 0.2) is 5.79 Å². The molecule has 0 radical (unpaired) electrons. The lowest BCUT2D eigenvalue weighted by atomic mass is 9.85. The summed E-state index contributed by atoms with van der Waals surface area (Å²) in [6, 6.07) is -0.152. The molecule has 45 heavy (non-hydrogen) atoms. The Bertz CT molecular complexity index is 886. The van der Waals surface area contributed by atoms with Gasteiger partial charge in [0.1, 0.15) is 12.2 Å². The number of hydrogen-bond acceptors (Lipinski definition) is 6. The van der Waals surface area contributed by atoms with Crippen molar-refractivity contribution in [2.75, 3.05) is 13.2 Å². The third-order valence-electron chi connectivity index (χ3n) is 9.02. The number of hydrogen-bond donors (Lipinski definition) is 2. The predicted molar refractivity (Wildman–Crippen MR) is 181 cm³/mol. The lowest BCUT2D eigenvalue weighted by molar-refractivity contribution is -0.304. The molecule has 2 rings (SSSR count). The summed E-state index contributed by atoms with van der Waals surface area (Å²) in [5.74, 6) is -1.39. The molecular weight excluding hydrogens is 568 g/mol. The summed E-state index contributed by atoms with van der Waals surface area (Å²) < 4.78 is 17.4. The smallest absolute Gasteiger partial charge is 0.307 e. The Balaban J connectivity index is 1.59. The molecule has 1 heterocycles. The monoisotopic (exact) mass is 634 g/mol. The van der Waals surface area contributed by atoms with Crippen LogP contribution in [-0.2, 0) is 28.6 Å². The zero-order valence-corrected chi connectivity index (χ0v) is 29.4. The first-order valence-corrected chi connectivity index (χ1v) is 18.3. The van der Waals surface area contributed by atoms with Crippen LogP contribution in [-0.4, -0.2) is 55.0 Å². The van der Waals surface area contributed by atoms with Crippen LogP contribution in [0.15, 0.2) is 12.2 Å². The molecule has 2 aliphatic rings. The fourth-order valence-electron chi connectivity index (χ4n) is 6.14. The Morgan fingerprint density at radius 3 is 2.11 bits per heavy atom. The highest BCUT2D eigenvalue weighted by atomic mass is 16.7. The summed E-state index contributed by atoms with van der Waals surface area (Å²) in [5.41, 5.74) is -0.476. The largest absolute Gasteiger partial charge is 0.460 e. The molecule has 2 fully saturated rings. The minimum absolute atomic E-state index is 0.0508. The Hall–Kier alpha value is -1.93. The van der Waals surface area contributed by atoms with E-state index in [0.717, 1.165) is 57.8 Å². The quantitative estimate of drug-likeness (QED) is 0.0573. The van der Waals surface area contributed by atoms with Crippen molar-refractivity contribution in [3.8, 4) is 0 Å². The molecule has 0 spiro atoms. The van der Waals surface area contributed by atoms with Crippen LogP contribution < -0.4 is 10.6 Å². The van der Waals surface area contributed by atoms with Crippen molar-refractivity contribution in [1.29, 1.82) is 0 Å². The van der Waals surface area contributed by atoms with Crippen molar-refractivity contribution in [2.45, 2.75) is 187 Å². The molecule has 1 aliphatic carbocycles. The average molecular weight is 635 g/mol. The molecule has 2 N–H and O–H groups in total. The van der Waals surface area contributed by atoms with E-state index in [1.807, 2.05) is 13.8 Å². The Kier molecular flexibility index (Phi) is 19.0. The van der Waals surface area contributed by atoms with E-state index in [1.165, 1.54) is 57.8 Å². The zero-order valence-electron chi connectivity index (χ0n) is 29.4. The molecular formula is C37H66N2O6. The molecule has 2 amide bonds. The minimum Gasteiger partial charge on any atom is -0.460 e.